The first kappa shape index (κ1) is 23.5. The van der Waals surface area contributed by atoms with Gasteiger partial charge in [-0.05, 0) is 75.4 Å². The largest absolute Gasteiger partial charge is 0.483 e. The number of carbonyl (C=O) groups is 2. The maximum atomic E-state index is 12.7. The maximum absolute atomic E-state index is 12.7. The number of hydrogen-bond donors (Lipinski definition) is 1. The highest BCUT2D eigenvalue weighted by Gasteiger charge is 2.16. The number of hydrogen-bond acceptors (Lipinski definition) is 3. The van der Waals surface area contributed by atoms with E-state index >= 15 is 0 Å². The van der Waals surface area contributed by atoms with Gasteiger partial charge in [0.1, 0.15) is 5.75 Å². The Balaban J connectivity index is 1.56. The van der Waals surface area contributed by atoms with Crippen LogP contribution in [0, 0.1) is 0 Å². The summed E-state index contributed by atoms with van der Waals surface area (Å²) in [7, 11) is 1.73. The molecule has 1 N–H and O–H groups in total. The second-order valence-electron chi connectivity index (χ2n) is 8.51. The van der Waals surface area contributed by atoms with Gasteiger partial charge in [-0.2, -0.15) is 0 Å². The van der Waals surface area contributed by atoms with E-state index in [9.17, 15) is 9.59 Å². The molecule has 0 unspecified atom stereocenters. The van der Waals surface area contributed by atoms with Crippen molar-refractivity contribution in [1.82, 2.24) is 0 Å². The minimum Gasteiger partial charge on any atom is -0.483 e. The number of carbonyl (C=O) groups excluding carboxylic acids is 2. The summed E-state index contributed by atoms with van der Waals surface area (Å²) in [5.41, 5.74) is 3.15. The zero-order valence-electron chi connectivity index (χ0n) is 18.7. The lowest BCUT2D eigenvalue weighted by atomic mass is 9.87. The first-order chi connectivity index (χ1) is 15.1. The summed E-state index contributed by atoms with van der Waals surface area (Å²) in [6, 6.07) is 22.1. The van der Waals surface area contributed by atoms with Crippen LogP contribution >= 0.6 is 15.9 Å². The van der Waals surface area contributed by atoms with Gasteiger partial charge < -0.3 is 15.0 Å². The first-order valence-corrected chi connectivity index (χ1v) is 11.1. The van der Waals surface area contributed by atoms with Crippen molar-refractivity contribution in [2.24, 2.45) is 0 Å². The summed E-state index contributed by atoms with van der Waals surface area (Å²) < 4.78 is 6.47. The lowest BCUT2D eigenvalue weighted by Gasteiger charge is -2.20. The Morgan fingerprint density at radius 1 is 0.969 bits per heavy atom. The number of benzene rings is 3. The van der Waals surface area contributed by atoms with Crippen LogP contribution in [0.15, 0.2) is 77.3 Å². The quantitative estimate of drug-likeness (QED) is 0.454. The van der Waals surface area contributed by atoms with E-state index in [2.05, 4.69) is 42.0 Å². The number of nitrogens with zero attached hydrogens (tertiary/aromatic N) is 1. The van der Waals surface area contributed by atoms with Crippen LogP contribution in [-0.2, 0) is 10.2 Å². The van der Waals surface area contributed by atoms with Gasteiger partial charge >= 0.3 is 0 Å². The van der Waals surface area contributed by atoms with Crippen molar-refractivity contribution < 1.29 is 14.3 Å². The molecule has 0 saturated heterocycles. The number of halogens is 1. The molecule has 3 aromatic rings. The van der Waals surface area contributed by atoms with Crippen molar-refractivity contribution in [2.75, 3.05) is 23.9 Å². The molecule has 0 spiro atoms. The summed E-state index contributed by atoms with van der Waals surface area (Å²) in [4.78, 5) is 26.6. The van der Waals surface area contributed by atoms with Gasteiger partial charge in [0.05, 0.1) is 4.47 Å². The fourth-order valence-electron chi connectivity index (χ4n) is 3.08. The van der Waals surface area contributed by atoms with Gasteiger partial charge in [-0.25, -0.2) is 0 Å². The molecule has 0 radical (unpaired) electrons. The van der Waals surface area contributed by atoms with Crippen molar-refractivity contribution in [1.29, 1.82) is 0 Å². The topological polar surface area (TPSA) is 58.6 Å². The lowest BCUT2D eigenvalue weighted by molar-refractivity contribution is -0.118. The number of nitrogens with one attached hydrogen (secondary N) is 1. The van der Waals surface area contributed by atoms with Crippen LogP contribution in [0.1, 0.15) is 36.7 Å². The summed E-state index contributed by atoms with van der Waals surface area (Å²) in [5, 5.41) is 2.79. The van der Waals surface area contributed by atoms with E-state index in [1.807, 2.05) is 48.5 Å². The minimum atomic E-state index is -0.280. The molecular weight excluding hydrogens is 468 g/mol. The number of amides is 2. The number of ether oxygens (including phenoxy) is 1. The maximum Gasteiger partial charge on any atom is 0.262 e. The first-order valence-electron chi connectivity index (χ1n) is 10.3. The van der Waals surface area contributed by atoms with Crippen molar-refractivity contribution in [2.45, 2.75) is 26.2 Å². The van der Waals surface area contributed by atoms with Gasteiger partial charge in [0.15, 0.2) is 6.61 Å². The molecule has 32 heavy (non-hydrogen) atoms. The third-order valence-corrected chi connectivity index (χ3v) is 5.64. The van der Waals surface area contributed by atoms with E-state index in [0.717, 1.165) is 10.2 Å². The molecule has 0 aliphatic rings. The normalized spacial score (nSPS) is 11.0. The van der Waals surface area contributed by atoms with Crippen LogP contribution in [0.25, 0.3) is 0 Å². The minimum absolute atomic E-state index is 0.0296. The van der Waals surface area contributed by atoms with Crippen LogP contribution in [0.4, 0.5) is 11.4 Å². The highest BCUT2D eigenvalue weighted by Crippen LogP contribution is 2.31. The van der Waals surface area contributed by atoms with E-state index in [4.69, 9.17) is 4.74 Å². The Kier molecular flexibility index (Phi) is 7.36. The van der Waals surface area contributed by atoms with Gasteiger partial charge in [0.2, 0.25) is 0 Å². The third kappa shape index (κ3) is 5.98. The van der Waals surface area contributed by atoms with Crippen LogP contribution in [-0.4, -0.2) is 25.5 Å². The smallest absolute Gasteiger partial charge is 0.262 e. The van der Waals surface area contributed by atoms with E-state index in [1.54, 1.807) is 36.2 Å². The Labute approximate surface area is 197 Å². The molecular formula is C26H27BrN2O3. The molecule has 3 aromatic carbocycles. The van der Waals surface area contributed by atoms with Crippen LogP contribution in [0.5, 0.6) is 5.75 Å². The third-order valence-electron chi connectivity index (χ3n) is 5.02. The molecule has 166 valence electrons. The second-order valence-corrected chi connectivity index (χ2v) is 9.36. The molecule has 0 fully saturated rings. The zero-order chi connectivity index (χ0) is 23.3. The van der Waals surface area contributed by atoms with Gasteiger partial charge in [0, 0.05) is 24.0 Å². The lowest BCUT2D eigenvalue weighted by Crippen LogP contribution is -2.26. The van der Waals surface area contributed by atoms with E-state index in [-0.39, 0.29) is 23.8 Å². The highest BCUT2D eigenvalue weighted by atomic mass is 79.9. The van der Waals surface area contributed by atoms with E-state index in [0.29, 0.717) is 17.0 Å². The predicted octanol–water partition coefficient (Wildman–Crippen LogP) is 6.04. The Morgan fingerprint density at radius 2 is 1.62 bits per heavy atom. The number of para-hydroxylation sites is 1. The zero-order valence-corrected chi connectivity index (χ0v) is 20.3. The monoisotopic (exact) mass is 494 g/mol. The summed E-state index contributed by atoms with van der Waals surface area (Å²) in [5.74, 6) is 0.205. The van der Waals surface area contributed by atoms with E-state index in [1.165, 1.54) is 5.56 Å². The molecule has 0 heterocycles. The van der Waals surface area contributed by atoms with Crippen molar-refractivity contribution in [3.05, 3.63) is 88.4 Å². The molecule has 2 amide bonds. The van der Waals surface area contributed by atoms with Gasteiger partial charge in [0.25, 0.3) is 11.8 Å². The Hall–Kier alpha value is -3.12. The Bertz CT molecular complexity index is 1090. The van der Waals surface area contributed by atoms with Crippen molar-refractivity contribution in [3.63, 3.8) is 0 Å². The molecule has 0 aliphatic carbocycles. The standard InChI is InChI=1S/C26H27BrN2O3/c1-26(2,3)19-12-15-23(22(27)16-19)32-17-24(30)28-20-13-10-18(11-14-20)25(31)29(4)21-8-6-5-7-9-21/h5-16H,17H2,1-4H3,(H,28,30). The van der Waals surface area contributed by atoms with Gasteiger partial charge in [-0.15, -0.1) is 0 Å². The predicted molar refractivity (Wildman–Crippen MR) is 133 cm³/mol. The van der Waals surface area contributed by atoms with Crippen LogP contribution in [0.3, 0.4) is 0 Å². The summed E-state index contributed by atoms with van der Waals surface area (Å²) in [6.45, 7) is 6.30. The molecule has 6 heteroatoms. The Morgan fingerprint density at radius 3 is 2.22 bits per heavy atom. The fraction of sp³-hybridized carbons (Fsp3) is 0.231. The second kappa shape index (κ2) is 10.0. The molecule has 5 nitrogen and oxygen atoms in total. The number of anilines is 2. The average Bonchev–Trinajstić information content (AvgIpc) is 2.77. The molecule has 3 rings (SSSR count). The molecule has 0 aliphatic heterocycles. The van der Waals surface area contributed by atoms with E-state index < -0.39 is 0 Å². The van der Waals surface area contributed by atoms with Crippen LogP contribution < -0.4 is 15.0 Å². The average molecular weight is 495 g/mol. The molecule has 0 saturated carbocycles. The number of rotatable bonds is 6. The van der Waals surface area contributed by atoms with Gasteiger partial charge in [-0.1, -0.05) is 45.0 Å². The fourth-order valence-corrected chi connectivity index (χ4v) is 3.58. The van der Waals surface area contributed by atoms with Crippen molar-refractivity contribution in [3.8, 4) is 5.75 Å². The van der Waals surface area contributed by atoms with Crippen molar-refractivity contribution >= 4 is 39.1 Å². The summed E-state index contributed by atoms with van der Waals surface area (Å²) in [6.07, 6.45) is 0. The SMILES string of the molecule is CN(C(=O)c1ccc(NC(=O)COc2ccc(C(C)(C)C)cc2Br)cc1)c1ccccc1. The molecule has 0 aromatic heterocycles. The van der Waals surface area contributed by atoms with Crippen LogP contribution in [0.2, 0.25) is 0 Å². The van der Waals surface area contributed by atoms with Gasteiger partial charge in [-0.3, -0.25) is 9.59 Å². The molecule has 0 bridgehead atoms. The summed E-state index contributed by atoms with van der Waals surface area (Å²) >= 11 is 3.51. The molecule has 0 atom stereocenters. The highest BCUT2D eigenvalue weighted by molar-refractivity contribution is 9.10.